The van der Waals surface area contributed by atoms with Crippen LogP contribution in [0.2, 0.25) is 0 Å². The summed E-state index contributed by atoms with van der Waals surface area (Å²) < 4.78 is 61.9. The highest BCUT2D eigenvalue weighted by atomic mass is 16.8. The SMILES string of the molecule is CC(=O)NC1C(OC2COC(OC3CC[C@]4(C)C5=C(CCC4C3(C)C)C3CCC([C@H](C)CC(=O)C=C(C)C)[C@@]3(C)CC5)C(OC3OC(COC4O[C@H](CO)[C@@H](O)[C@H](O)C4OC4O[C@H](CO)[C@@H](O)[C@H](O)[C@H]4O)[C@H](O)[C@@H](O)C3NC(C)=O)[C@H]2O)O[C@H](CO)[C@H](O)[C@@H]1O. The normalized spacial score (nSPS) is 47.3. The molecule has 0 aromatic rings. The van der Waals surface area contributed by atoms with Gasteiger partial charge in [0.15, 0.2) is 37.2 Å². The molecule has 514 valence electrons. The summed E-state index contributed by atoms with van der Waals surface area (Å²) in [4.78, 5) is 38.4. The minimum Gasteiger partial charge on any atom is -0.394 e. The Bertz CT molecular complexity index is 2540. The lowest BCUT2D eigenvalue weighted by atomic mass is 9.45. The second-order valence-electron chi connectivity index (χ2n) is 28.1. The Balaban J connectivity index is 0.984. The summed E-state index contributed by atoms with van der Waals surface area (Å²) in [6, 6.07) is -3.06. The van der Waals surface area contributed by atoms with E-state index in [-0.39, 0.29) is 28.4 Å². The Morgan fingerprint density at radius 2 is 1.11 bits per heavy atom. The van der Waals surface area contributed by atoms with Gasteiger partial charge < -0.3 is 124 Å². The third-order valence-electron chi connectivity index (χ3n) is 21.6. The number of ketones is 1. The summed E-state index contributed by atoms with van der Waals surface area (Å²) in [5.74, 6) is -0.00445. The van der Waals surface area contributed by atoms with E-state index in [0.29, 0.717) is 24.7 Å². The first-order valence-corrected chi connectivity index (χ1v) is 31.9. The number of ether oxygens (including phenoxy) is 10. The molecule has 4 aliphatic carbocycles. The predicted molar refractivity (Wildman–Crippen MR) is 309 cm³/mol. The molecule has 0 bridgehead atoms. The van der Waals surface area contributed by atoms with Gasteiger partial charge in [0, 0.05) is 20.3 Å². The fourth-order valence-electron chi connectivity index (χ4n) is 17.0. The number of carbonyl (C=O) groups excluding carboxylic acids is 3. The van der Waals surface area contributed by atoms with Crippen LogP contribution in [0.5, 0.6) is 0 Å². The lowest BCUT2D eigenvalue weighted by Gasteiger charge is -2.61. The zero-order valence-electron chi connectivity index (χ0n) is 52.8. The van der Waals surface area contributed by atoms with Gasteiger partial charge in [0.25, 0.3) is 0 Å². The average Bonchev–Trinajstić information content (AvgIpc) is 1.19. The van der Waals surface area contributed by atoms with Gasteiger partial charge in [0.1, 0.15) is 116 Å². The number of fused-ring (bicyclic) bond motifs is 4. The molecule has 15 unspecified atom stereocenters. The molecule has 9 rings (SSSR count). The van der Waals surface area contributed by atoms with Gasteiger partial charge in [-0.25, -0.2) is 0 Å². The van der Waals surface area contributed by atoms with Crippen molar-refractivity contribution < 1.29 is 128 Å². The Morgan fingerprint density at radius 1 is 0.578 bits per heavy atom. The molecule has 0 aromatic carbocycles. The maximum Gasteiger partial charge on any atom is 0.217 e. The fraction of sp³-hybridized carbons (Fsp3) is 0.887. The third kappa shape index (κ3) is 14.1. The van der Waals surface area contributed by atoms with Gasteiger partial charge in [-0.3, -0.25) is 14.4 Å². The summed E-state index contributed by atoms with van der Waals surface area (Å²) in [6.07, 6.45) is -29.4. The summed E-state index contributed by atoms with van der Waals surface area (Å²) in [5.41, 5.74) is 3.39. The number of nitrogens with one attached hydrogen (secondary N) is 2. The molecule has 0 spiro atoms. The lowest BCUT2D eigenvalue weighted by Crippen LogP contribution is -2.68. The van der Waals surface area contributed by atoms with Crippen LogP contribution in [-0.2, 0) is 61.8 Å². The van der Waals surface area contributed by atoms with Gasteiger partial charge in [-0.1, -0.05) is 51.3 Å². The molecule has 9 aliphatic rings. The highest BCUT2D eigenvalue weighted by Gasteiger charge is 2.62. The van der Waals surface area contributed by atoms with Gasteiger partial charge in [0.2, 0.25) is 11.8 Å². The Morgan fingerprint density at radius 3 is 1.71 bits per heavy atom. The molecule has 90 heavy (non-hydrogen) atoms. The molecular formula is C62H100N2O26. The standard InChI is InChI=1S/C62H100N2O26/c1-25(2)18-29(70)19-26(3)31-11-12-32-30-10-13-39-60(6,7)40(15-17-62(39,9)33(30)14-16-61(31,32)8)88-59-53(47(75)38(24-82-59)87-55-41(63-27(4)68)48(76)43(71)34(20-65)83-55)89-56-42(64-28(5)69)49(77)46(74)37(86-56)23-81-58-54(51(79)45(73)36(22-67)85-58)90-57-52(80)50(78)44(72)35(21-66)84-57/h18,26,31-32,34-59,65-67,71-80H,10-17,19-24H2,1-9H3,(H,63,68)(H,64,69)/t26-,31?,32?,34-,35-,36-,37?,38?,39?,40?,41?,42?,43+,44-,45-,46+,47+,48-,49+,50+,51+,52-,53?,54?,55?,56?,57?,58?,59?,61-,62-/m1/s1. The van der Waals surface area contributed by atoms with Crippen LogP contribution in [0.4, 0.5) is 0 Å². The molecule has 0 aromatic heterocycles. The van der Waals surface area contributed by atoms with E-state index in [2.05, 4.69) is 45.3 Å². The van der Waals surface area contributed by atoms with E-state index < -0.39 is 204 Å². The van der Waals surface area contributed by atoms with Gasteiger partial charge in [-0.2, -0.15) is 0 Å². The van der Waals surface area contributed by atoms with Crippen molar-refractivity contribution in [3.63, 3.8) is 0 Å². The average molecular weight is 1290 g/mol. The number of carbonyl (C=O) groups is 3. The molecule has 2 saturated carbocycles. The third-order valence-corrected chi connectivity index (χ3v) is 21.6. The molecule has 7 fully saturated rings. The van der Waals surface area contributed by atoms with E-state index in [0.717, 1.165) is 64.4 Å². The number of hydrogen-bond donors (Lipinski definition) is 15. The maximum atomic E-state index is 13.0. The van der Waals surface area contributed by atoms with Crippen LogP contribution in [0.25, 0.3) is 0 Å². The molecule has 5 heterocycles. The van der Waals surface area contributed by atoms with Crippen molar-refractivity contribution in [1.29, 1.82) is 0 Å². The van der Waals surface area contributed by atoms with Crippen LogP contribution in [-0.4, -0.2) is 270 Å². The Hall–Kier alpha value is -2.83. The monoisotopic (exact) mass is 1290 g/mol. The molecule has 15 N–H and O–H groups in total. The van der Waals surface area contributed by atoms with Crippen LogP contribution in [0, 0.1) is 39.9 Å². The lowest BCUT2D eigenvalue weighted by molar-refractivity contribution is -0.379. The van der Waals surface area contributed by atoms with Gasteiger partial charge in [0.05, 0.1) is 39.1 Å². The maximum absolute atomic E-state index is 13.0. The predicted octanol–water partition coefficient (Wildman–Crippen LogP) is -2.68. The Labute approximate surface area is 524 Å². The first kappa shape index (κ1) is 71.5. The molecule has 0 radical (unpaired) electrons. The first-order valence-electron chi connectivity index (χ1n) is 31.9. The van der Waals surface area contributed by atoms with Gasteiger partial charge in [-0.05, 0) is 111 Å². The molecule has 28 nitrogen and oxygen atoms in total. The summed E-state index contributed by atoms with van der Waals surface area (Å²) in [7, 11) is 0. The molecule has 5 saturated heterocycles. The van der Waals surface area contributed by atoms with Crippen molar-refractivity contribution in [2.45, 2.75) is 274 Å². The smallest absolute Gasteiger partial charge is 0.217 e. The van der Waals surface area contributed by atoms with Crippen molar-refractivity contribution in [3.8, 4) is 0 Å². The first-order chi connectivity index (χ1) is 42.4. The minimum absolute atomic E-state index is 0.0654. The molecule has 28 heteroatoms. The van der Waals surface area contributed by atoms with E-state index in [1.807, 2.05) is 13.8 Å². The van der Waals surface area contributed by atoms with Crippen molar-refractivity contribution in [3.05, 3.63) is 22.8 Å². The number of allylic oxidation sites excluding steroid dienone is 4. The molecule has 5 aliphatic heterocycles. The van der Waals surface area contributed by atoms with E-state index in [1.165, 1.54) is 5.57 Å². The van der Waals surface area contributed by atoms with Crippen LogP contribution in [0.1, 0.15) is 120 Å². The van der Waals surface area contributed by atoms with Crippen molar-refractivity contribution in [2.24, 2.45) is 39.9 Å². The topological polar surface area (TPSA) is 431 Å². The van der Waals surface area contributed by atoms with E-state index >= 15 is 0 Å². The number of aliphatic hydroxyl groups is 13. The van der Waals surface area contributed by atoms with E-state index in [1.54, 1.807) is 11.6 Å². The number of amides is 2. The number of rotatable bonds is 20. The minimum atomic E-state index is -1.99. The summed E-state index contributed by atoms with van der Waals surface area (Å²) in [6.45, 7) is 13.8. The molecular weight excluding hydrogens is 1190 g/mol. The van der Waals surface area contributed by atoms with Gasteiger partial charge >= 0.3 is 0 Å². The zero-order chi connectivity index (χ0) is 65.8. The second-order valence-corrected chi connectivity index (χ2v) is 28.1. The molecule has 31 atom stereocenters. The van der Waals surface area contributed by atoms with Crippen molar-refractivity contribution >= 4 is 17.6 Å². The highest BCUT2D eigenvalue weighted by molar-refractivity contribution is 5.90. The van der Waals surface area contributed by atoms with Crippen LogP contribution >= 0.6 is 0 Å². The van der Waals surface area contributed by atoms with Crippen molar-refractivity contribution in [2.75, 3.05) is 33.0 Å². The van der Waals surface area contributed by atoms with Crippen LogP contribution < -0.4 is 10.6 Å². The van der Waals surface area contributed by atoms with Crippen LogP contribution in [0.15, 0.2) is 22.8 Å². The number of aliphatic hydroxyl groups excluding tert-OH is 13. The second kappa shape index (κ2) is 28.9. The largest absolute Gasteiger partial charge is 0.394 e. The quantitative estimate of drug-likeness (QED) is 0.0436. The summed E-state index contributed by atoms with van der Waals surface area (Å²) in [5, 5.41) is 147. The van der Waals surface area contributed by atoms with Gasteiger partial charge in [-0.15, -0.1) is 0 Å². The van der Waals surface area contributed by atoms with Crippen molar-refractivity contribution in [1.82, 2.24) is 10.6 Å². The molecule has 2 amide bonds. The number of hydrogen-bond acceptors (Lipinski definition) is 26. The van der Waals surface area contributed by atoms with E-state index in [9.17, 15) is 80.8 Å². The Kier molecular flexibility index (Phi) is 22.9. The van der Waals surface area contributed by atoms with E-state index in [4.69, 9.17) is 47.4 Å². The fourth-order valence-corrected chi connectivity index (χ4v) is 17.0. The van der Waals surface area contributed by atoms with Crippen LogP contribution in [0.3, 0.4) is 0 Å². The zero-order valence-corrected chi connectivity index (χ0v) is 52.8. The highest BCUT2D eigenvalue weighted by Crippen LogP contribution is 2.68. The summed E-state index contributed by atoms with van der Waals surface area (Å²) >= 11 is 0.